The topological polar surface area (TPSA) is 63.0 Å². The van der Waals surface area contributed by atoms with Crippen LogP contribution in [0.3, 0.4) is 0 Å². The number of aliphatic imine (C=N–C) groups is 1. The van der Waals surface area contributed by atoms with Crippen molar-refractivity contribution in [1.82, 2.24) is 19.6 Å². The molecule has 1 fully saturated rings. The fraction of sp³-hybridized carbons (Fsp3) is 0.588. The Kier molecular flexibility index (Phi) is 5.07. The van der Waals surface area contributed by atoms with Crippen molar-refractivity contribution < 1.29 is 9.53 Å². The van der Waals surface area contributed by atoms with Crippen molar-refractivity contribution in [1.29, 1.82) is 0 Å². The third-order valence-electron chi connectivity index (χ3n) is 4.65. The summed E-state index contributed by atoms with van der Waals surface area (Å²) in [6.07, 6.45) is 6.07. The summed E-state index contributed by atoms with van der Waals surface area (Å²) in [5.41, 5.74) is 1.09. The van der Waals surface area contributed by atoms with E-state index in [1.54, 1.807) is 18.0 Å². The summed E-state index contributed by atoms with van der Waals surface area (Å²) in [6, 6.07) is 1.90. The number of nitrogens with zero attached hydrogens (tertiary/aromatic N) is 5. The van der Waals surface area contributed by atoms with E-state index < -0.39 is 0 Å². The molecule has 1 aromatic rings. The number of ether oxygens (including phenoxy) is 1. The van der Waals surface area contributed by atoms with Gasteiger partial charge in [-0.05, 0) is 24.3 Å². The molecule has 1 aromatic heterocycles. The van der Waals surface area contributed by atoms with E-state index in [1.807, 2.05) is 21.8 Å². The van der Waals surface area contributed by atoms with Gasteiger partial charge in [0.25, 0.3) is 0 Å². The molecule has 4 rings (SSSR count). The van der Waals surface area contributed by atoms with Crippen LogP contribution in [0.2, 0.25) is 0 Å². The predicted octanol–water partition coefficient (Wildman–Crippen LogP) is 1.54. The standard InChI is InChI=1S/C17H23N5O2S/c23-16(10-14-13-25-17-18-4-1-8-22(14)17)20-6-3-9-24-15(11-20)12-21-7-2-5-19-21/h2,5,7,13,15H,1,3-4,6,8-12H2. The number of aromatic nitrogens is 2. The SMILES string of the molecule is O=C(CC1=CSC2=NCCCN12)N1CCCOC(Cn2cccn2)C1. The van der Waals surface area contributed by atoms with Crippen LogP contribution in [0.1, 0.15) is 19.3 Å². The smallest absolute Gasteiger partial charge is 0.228 e. The third kappa shape index (κ3) is 3.90. The molecule has 0 spiro atoms. The maximum Gasteiger partial charge on any atom is 0.228 e. The highest BCUT2D eigenvalue weighted by atomic mass is 32.2. The van der Waals surface area contributed by atoms with Gasteiger partial charge in [-0.1, -0.05) is 11.8 Å². The zero-order valence-electron chi connectivity index (χ0n) is 14.2. The molecule has 134 valence electrons. The second kappa shape index (κ2) is 7.61. The van der Waals surface area contributed by atoms with Gasteiger partial charge in [-0.2, -0.15) is 5.10 Å². The van der Waals surface area contributed by atoms with E-state index in [1.165, 1.54) is 0 Å². The van der Waals surface area contributed by atoms with Crippen molar-refractivity contribution in [3.63, 3.8) is 0 Å². The summed E-state index contributed by atoms with van der Waals surface area (Å²) in [7, 11) is 0. The normalized spacial score (nSPS) is 23.8. The molecule has 3 aliphatic heterocycles. The van der Waals surface area contributed by atoms with E-state index in [9.17, 15) is 4.79 Å². The Hall–Kier alpha value is -1.80. The van der Waals surface area contributed by atoms with Gasteiger partial charge in [-0.25, -0.2) is 0 Å². The minimum atomic E-state index is -0.00890. The molecule has 1 atom stereocenters. The summed E-state index contributed by atoms with van der Waals surface area (Å²) in [5.74, 6) is 0.176. The Balaban J connectivity index is 1.37. The molecule has 25 heavy (non-hydrogen) atoms. The number of amides is 1. The van der Waals surface area contributed by atoms with Gasteiger partial charge in [-0.3, -0.25) is 14.5 Å². The van der Waals surface area contributed by atoms with Crippen molar-refractivity contribution in [2.45, 2.75) is 31.9 Å². The summed E-state index contributed by atoms with van der Waals surface area (Å²) in [4.78, 5) is 21.5. The lowest BCUT2D eigenvalue weighted by molar-refractivity contribution is -0.131. The van der Waals surface area contributed by atoms with Gasteiger partial charge < -0.3 is 14.5 Å². The van der Waals surface area contributed by atoms with Gasteiger partial charge in [-0.15, -0.1) is 0 Å². The first kappa shape index (κ1) is 16.7. The number of carbonyl (C=O) groups excluding carboxylic acids is 1. The van der Waals surface area contributed by atoms with Crippen molar-refractivity contribution in [2.24, 2.45) is 4.99 Å². The zero-order valence-corrected chi connectivity index (χ0v) is 15.0. The lowest BCUT2D eigenvalue weighted by Gasteiger charge is -2.28. The number of hydrogen-bond donors (Lipinski definition) is 0. The minimum absolute atomic E-state index is 0.00890. The lowest BCUT2D eigenvalue weighted by atomic mass is 10.2. The summed E-state index contributed by atoms with van der Waals surface area (Å²) < 4.78 is 7.78. The molecule has 0 saturated carbocycles. The molecule has 1 saturated heterocycles. The molecule has 7 nitrogen and oxygen atoms in total. The van der Waals surface area contributed by atoms with E-state index in [-0.39, 0.29) is 12.0 Å². The Bertz CT molecular complexity index is 673. The highest BCUT2D eigenvalue weighted by Gasteiger charge is 2.29. The average Bonchev–Trinajstić information content (AvgIpc) is 3.21. The Morgan fingerprint density at radius 1 is 1.36 bits per heavy atom. The molecular formula is C17H23N5O2S. The molecule has 1 amide bonds. The number of fused-ring (bicyclic) bond motifs is 1. The first-order valence-corrected chi connectivity index (χ1v) is 9.72. The van der Waals surface area contributed by atoms with Crippen LogP contribution in [-0.4, -0.2) is 69.5 Å². The molecular weight excluding hydrogens is 338 g/mol. The number of amidine groups is 1. The van der Waals surface area contributed by atoms with E-state index >= 15 is 0 Å². The number of rotatable bonds is 4. The summed E-state index contributed by atoms with van der Waals surface area (Å²) >= 11 is 1.64. The van der Waals surface area contributed by atoms with Gasteiger partial charge in [0.1, 0.15) is 0 Å². The molecule has 4 heterocycles. The monoisotopic (exact) mass is 361 g/mol. The largest absolute Gasteiger partial charge is 0.374 e. The maximum absolute atomic E-state index is 12.9. The van der Waals surface area contributed by atoms with Crippen LogP contribution in [0.15, 0.2) is 34.6 Å². The molecule has 1 unspecified atom stereocenters. The first-order chi connectivity index (χ1) is 12.3. The summed E-state index contributed by atoms with van der Waals surface area (Å²) in [6.45, 7) is 4.62. The van der Waals surface area contributed by atoms with E-state index in [0.29, 0.717) is 26.1 Å². The second-order valence-electron chi connectivity index (χ2n) is 6.49. The molecule has 0 N–H and O–H groups in total. The van der Waals surface area contributed by atoms with Gasteiger partial charge >= 0.3 is 0 Å². The van der Waals surface area contributed by atoms with Gasteiger partial charge in [0, 0.05) is 50.9 Å². The second-order valence-corrected chi connectivity index (χ2v) is 7.32. The molecule has 0 aliphatic carbocycles. The van der Waals surface area contributed by atoms with Crippen molar-refractivity contribution in [2.75, 3.05) is 32.8 Å². The fourth-order valence-corrected chi connectivity index (χ4v) is 4.34. The van der Waals surface area contributed by atoms with Crippen LogP contribution >= 0.6 is 11.8 Å². The molecule has 0 bridgehead atoms. The van der Waals surface area contributed by atoms with Gasteiger partial charge in [0.2, 0.25) is 5.91 Å². The number of carbonyl (C=O) groups is 1. The van der Waals surface area contributed by atoms with Crippen molar-refractivity contribution >= 4 is 22.8 Å². The first-order valence-electron chi connectivity index (χ1n) is 8.84. The van der Waals surface area contributed by atoms with E-state index in [0.717, 1.165) is 43.3 Å². The van der Waals surface area contributed by atoms with Crippen LogP contribution in [0.5, 0.6) is 0 Å². The van der Waals surface area contributed by atoms with Crippen molar-refractivity contribution in [3.05, 3.63) is 29.6 Å². The molecule has 0 aromatic carbocycles. The Labute approximate surface area is 151 Å². The van der Waals surface area contributed by atoms with E-state index in [4.69, 9.17) is 4.74 Å². The third-order valence-corrected chi connectivity index (χ3v) is 5.60. The molecule has 3 aliphatic rings. The average molecular weight is 361 g/mol. The van der Waals surface area contributed by atoms with Crippen LogP contribution in [0.25, 0.3) is 0 Å². The van der Waals surface area contributed by atoms with Gasteiger partial charge in [0.15, 0.2) is 5.17 Å². The zero-order chi connectivity index (χ0) is 17.1. The maximum atomic E-state index is 12.9. The molecule has 8 heteroatoms. The predicted molar refractivity (Wildman–Crippen MR) is 97.1 cm³/mol. The van der Waals surface area contributed by atoms with Crippen molar-refractivity contribution in [3.8, 4) is 0 Å². The summed E-state index contributed by atoms with van der Waals surface area (Å²) in [5, 5.41) is 7.37. The van der Waals surface area contributed by atoms with Crippen LogP contribution in [0, 0.1) is 0 Å². The highest BCUT2D eigenvalue weighted by Crippen LogP contribution is 2.31. The number of hydrogen-bond acceptors (Lipinski definition) is 6. The van der Waals surface area contributed by atoms with Crippen LogP contribution < -0.4 is 0 Å². The van der Waals surface area contributed by atoms with Gasteiger partial charge in [0.05, 0.1) is 19.1 Å². The fourth-order valence-electron chi connectivity index (χ4n) is 3.39. The lowest BCUT2D eigenvalue weighted by Crippen LogP contribution is -2.40. The minimum Gasteiger partial charge on any atom is -0.374 e. The Morgan fingerprint density at radius 3 is 3.20 bits per heavy atom. The Morgan fingerprint density at radius 2 is 2.32 bits per heavy atom. The number of thioether (sulfide) groups is 1. The van der Waals surface area contributed by atoms with Crippen LogP contribution in [-0.2, 0) is 16.1 Å². The molecule has 0 radical (unpaired) electrons. The van der Waals surface area contributed by atoms with Crippen LogP contribution in [0.4, 0.5) is 0 Å². The van der Waals surface area contributed by atoms with E-state index in [2.05, 4.69) is 20.4 Å². The quantitative estimate of drug-likeness (QED) is 0.814. The highest BCUT2D eigenvalue weighted by molar-refractivity contribution is 8.16.